The van der Waals surface area contributed by atoms with E-state index < -0.39 is 0 Å². The molecule has 0 amide bonds. The molecule has 2 aromatic carbocycles. The van der Waals surface area contributed by atoms with Gasteiger partial charge in [0.05, 0.1) is 25.9 Å². The summed E-state index contributed by atoms with van der Waals surface area (Å²) < 4.78 is 18.2. The Morgan fingerprint density at radius 2 is 1.59 bits per heavy atom. The van der Waals surface area contributed by atoms with Gasteiger partial charge in [-0.3, -0.25) is 4.79 Å². The van der Waals surface area contributed by atoms with Crippen molar-refractivity contribution < 1.29 is 14.2 Å². The third kappa shape index (κ3) is 3.31. The van der Waals surface area contributed by atoms with Crippen LogP contribution in [0, 0.1) is 6.92 Å². The van der Waals surface area contributed by atoms with Crippen LogP contribution in [0.5, 0.6) is 17.2 Å². The lowest BCUT2D eigenvalue weighted by molar-refractivity contribution is 0.348. The number of methoxy groups -OCH3 is 3. The molecule has 0 saturated carbocycles. The van der Waals surface area contributed by atoms with Gasteiger partial charge in [-0.1, -0.05) is 41.2 Å². The maximum Gasteiger partial charge on any atom is 0.276 e. The van der Waals surface area contributed by atoms with Crippen LogP contribution in [-0.4, -0.2) is 35.9 Å². The number of benzene rings is 2. The van der Waals surface area contributed by atoms with Crippen molar-refractivity contribution in [2.75, 3.05) is 21.3 Å². The van der Waals surface area contributed by atoms with E-state index in [-0.39, 0.29) is 5.56 Å². The Morgan fingerprint density at radius 3 is 2.24 bits per heavy atom. The molecule has 29 heavy (non-hydrogen) atoms. The van der Waals surface area contributed by atoms with Crippen molar-refractivity contribution in [2.24, 2.45) is 0 Å². The average Bonchev–Trinajstić information content (AvgIpc) is 3.28. The molecule has 2 aromatic heterocycles. The lowest BCUT2D eigenvalue weighted by Gasteiger charge is -2.11. The molecule has 7 nitrogen and oxygen atoms in total. The molecule has 0 spiro atoms. The van der Waals surface area contributed by atoms with Crippen molar-refractivity contribution >= 4 is 22.4 Å². The van der Waals surface area contributed by atoms with E-state index in [0.29, 0.717) is 38.1 Å². The Labute approximate surface area is 170 Å². The summed E-state index contributed by atoms with van der Waals surface area (Å²) in [6.45, 7) is 2.01. The largest absolute Gasteiger partial charge is 0.496 e. The van der Waals surface area contributed by atoms with Crippen LogP contribution in [0.2, 0.25) is 0 Å². The Hall–Kier alpha value is -3.39. The van der Waals surface area contributed by atoms with Crippen molar-refractivity contribution in [1.82, 2.24) is 14.6 Å². The first-order chi connectivity index (χ1) is 14.0. The molecule has 0 atom stereocenters. The molecule has 0 N–H and O–H groups in total. The molecule has 0 aliphatic carbocycles. The minimum atomic E-state index is -0.178. The van der Waals surface area contributed by atoms with E-state index in [0.717, 1.165) is 11.1 Å². The lowest BCUT2D eigenvalue weighted by Crippen LogP contribution is -2.23. The van der Waals surface area contributed by atoms with Crippen molar-refractivity contribution in [3.8, 4) is 28.6 Å². The SMILES string of the molecule is COc1cc(OC)c(OC)cc1C=c1sc2nnc(-c3ccc(C)cc3)n2c1=O. The van der Waals surface area contributed by atoms with E-state index in [1.165, 1.54) is 15.7 Å². The van der Waals surface area contributed by atoms with E-state index >= 15 is 0 Å². The number of rotatable bonds is 5. The van der Waals surface area contributed by atoms with Crippen LogP contribution in [0.3, 0.4) is 0 Å². The summed E-state index contributed by atoms with van der Waals surface area (Å²) in [4.78, 5) is 13.6. The number of hydrogen-bond donors (Lipinski definition) is 0. The second-order valence-electron chi connectivity index (χ2n) is 6.37. The molecule has 148 valence electrons. The zero-order valence-corrected chi connectivity index (χ0v) is 17.2. The number of hydrogen-bond acceptors (Lipinski definition) is 7. The molecule has 0 bridgehead atoms. The molecule has 0 fully saturated rings. The fraction of sp³-hybridized carbons (Fsp3) is 0.190. The molecule has 0 aliphatic heterocycles. The Kier molecular flexibility index (Phi) is 4.94. The molecule has 2 heterocycles. The van der Waals surface area contributed by atoms with Gasteiger partial charge in [-0.15, -0.1) is 10.2 Å². The van der Waals surface area contributed by atoms with Crippen LogP contribution >= 0.6 is 11.3 Å². The predicted octanol–water partition coefficient (Wildman–Crippen LogP) is 2.70. The van der Waals surface area contributed by atoms with Crippen LogP contribution in [-0.2, 0) is 0 Å². The fourth-order valence-corrected chi connectivity index (χ4v) is 3.96. The van der Waals surface area contributed by atoms with Gasteiger partial charge < -0.3 is 14.2 Å². The molecule has 0 saturated heterocycles. The molecule has 0 aliphatic rings. The van der Waals surface area contributed by atoms with E-state index in [1.807, 2.05) is 31.2 Å². The predicted molar refractivity (Wildman–Crippen MR) is 112 cm³/mol. The van der Waals surface area contributed by atoms with Gasteiger partial charge in [0, 0.05) is 17.2 Å². The van der Waals surface area contributed by atoms with Crippen LogP contribution < -0.4 is 24.3 Å². The smallest absolute Gasteiger partial charge is 0.276 e. The number of ether oxygens (including phenoxy) is 3. The van der Waals surface area contributed by atoms with Gasteiger partial charge in [-0.25, -0.2) is 4.40 Å². The highest BCUT2D eigenvalue weighted by Gasteiger charge is 2.15. The summed E-state index contributed by atoms with van der Waals surface area (Å²) in [7, 11) is 4.69. The van der Waals surface area contributed by atoms with Crippen LogP contribution in [0.25, 0.3) is 22.4 Å². The number of fused-ring (bicyclic) bond motifs is 1. The zero-order valence-electron chi connectivity index (χ0n) is 16.4. The monoisotopic (exact) mass is 409 g/mol. The molecular weight excluding hydrogens is 390 g/mol. The number of thiazole rings is 1. The summed E-state index contributed by atoms with van der Waals surface area (Å²) in [6.07, 6.45) is 1.77. The quantitative estimate of drug-likeness (QED) is 0.505. The minimum Gasteiger partial charge on any atom is -0.496 e. The summed E-state index contributed by atoms with van der Waals surface area (Å²) in [5.74, 6) is 2.20. The Bertz CT molecular complexity index is 1290. The second-order valence-corrected chi connectivity index (χ2v) is 7.38. The zero-order chi connectivity index (χ0) is 20.5. The van der Waals surface area contributed by atoms with E-state index in [1.54, 1.807) is 39.5 Å². The highest BCUT2D eigenvalue weighted by Crippen LogP contribution is 2.35. The van der Waals surface area contributed by atoms with Crippen molar-refractivity contribution in [3.63, 3.8) is 0 Å². The van der Waals surface area contributed by atoms with E-state index in [9.17, 15) is 4.79 Å². The summed E-state index contributed by atoms with van der Waals surface area (Å²) in [6, 6.07) is 11.3. The van der Waals surface area contributed by atoms with Crippen molar-refractivity contribution in [1.29, 1.82) is 0 Å². The van der Waals surface area contributed by atoms with Crippen LogP contribution in [0.15, 0.2) is 41.2 Å². The van der Waals surface area contributed by atoms with E-state index in [4.69, 9.17) is 14.2 Å². The molecule has 0 unspecified atom stereocenters. The maximum absolute atomic E-state index is 13.1. The van der Waals surface area contributed by atoms with Gasteiger partial charge >= 0.3 is 0 Å². The first kappa shape index (κ1) is 18.9. The highest BCUT2D eigenvalue weighted by atomic mass is 32.1. The molecule has 4 rings (SSSR count). The number of aryl methyl sites for hydroxylation is 1. The molecule has 4 aromatic rings. The van der Waals surface area contributed by atoms with Crippen molar-refractivity contribution in [2.45, 2.75) is 6.92 Å². The van der Waals surface area contributed by atoms with Gasteiger partial charge in [0.15, 0.2) is 17.3 Å². The van der Waals surface area contributed by atoms with Gasteiger partial charge in [-0.2, -0.15) is 0 Å². The number of nitrogens with zero attached hydrogens (tertiary/aromatic N) is 3. The van der Waals surface area contributed by atoms with Crippen LogP contribution in [0.4, 0.5) is 0 Å². The van der Waals surface area contributed by atoms with Crippen LogP contribution in [0.1, 0.15) is 11.1 Å². The second kappa shape index (κ2) is 7.56. The Balaban J connectivity index is 1.90. The molecular formula is C21H19N3O4S. The Morgan fingerprint density at radius 1 is 0.931 bits per heavy atom. The average molecular weight is 409 g/mol. The summed E-state index contributed by atoms with van der Waals surface area (Å²) in [5, 5.41) is 8.38. The first-order valence-electron chi connectivity index (χ1n) is 8.82. The topological polar surface area (TPSA) is 74.9 Å². The molecule has 8 heteroatoms. The minimum absolute atomic E-state index is 0.178. The van der Waals surface area contributed by atoms with Gasteiger partial charge in [-0.05, 0) is 19.1 Å². The number of aromatic nitrogens is 3. The van der Waals surface area contributed by atoms with Gasteiger partial charge in [0.1, 0.15) is 5.75 Å². The van der Waals surface area contributed by atoms with E-state index in [2.05, 4.69) is 10.2 Å². The van der Waals surface area contributed by atoms with Gasteiger partial charge in [0.25, 0.3) is 5.56 Å². The highest BCUT2D eigenvalue weighted by molar-refractivity contribution is 7.15. The summed E-state index contributed by atoms with van der Waals surface area (Å²) >= 11 is 1.27. The third-order valence-electron chi connectivity index (χ3n) is 4.58. The van der Waals surface area contributed by atoms with Gasteiger partial charge in [0.2, 0.25) is 4.96 Å². The normalized spacial score (nSPS) is 11.8. The molecule has 0 radical (unpaired) electrons. The lowest BCUT2D eigenvalue weighted by atomic mass is 10.1. The summed E-state index contributed by atoms with van der Waals surface area (Å²) in [5.41, 5.74) is 2.50. The maximum atomic E-state index is 13.1. The first-order valence-corrected chi connectivity index (χ1v) is 9.64. The van der Waals surface area contributed by atoms with Crippen molar-refractivity contribution in [3.05, 3.63) is 62.4 Å². The standard InChI is InChI=1S/C21H19N3O4S/c1-12-5-7-13(8-6-12)19-22-23-21-24(19)20(25)18(29-21)10-14-9-16(27-3)17(28-4)11-15(14)26-2/h5-11H,1-4H3. The fourth-order valence-electron chi connectivity index (χ4n) is 3.06. The third-order valence-corrected chi connectivity index (χ3v) is 5.54.